The van der Waals surface area contributed by atoms with Gasteiger partial charge in [-0.3, -0.25) is 9.98 Å². The Bertz CT molecular complexity index is 283. The number of hydrogen-bond donors (Lipinski definition) is 1. The molecule has 0 bridgehead atoms. The summed E-state index contributed by atoms with van der Waals surface area (Å²) in [5, 5.41) is 9.04. The minimum absolute atomic E-state index is 0.0305. The zero-order chi connectivity index (χ0) is 10.4. The van der Waals surface area contributed by atoms with Crippen molar-refractivity contribution in [1.29, 1.82) is 0 Å². The summed E-state index contributed by atoms with van der Waals surface area (Å²) in [4.78, 5) is 8.39. The van der Waals surface area contributed by atoms with Crippen LogP contribution in [0.15, 0.2) is 29.4 Å². The smallest absolute Gasteiger partial charge is 0.0807 e. The Morgan fingerprint density at radius 1 is 1.50 bits per heavy atom. The second kappa shape index (κ2) is 5.50. The zero-order valence-electron chi connectivity index (χ0n) is 8.59. The first kappa shape index (κ1) is 10.9. The molecule has 0 amide bonds. The standard InChI is InChI=1S/C11H16N2O/c1-9(2)11(8-14)13-7-10-5-3-4-6-12-10/h3-7,9,11,14H,8H2,1-2H3/t11-/m1/s1. The van der Waals surface area contributed by atoms with Gasteiger partial charge in [0.25, 0.3) is 0 Å². The Hall–Kier alpha value is -1.22. The van der Waals surface area contributed by atoms with Crippen molar-refractivity contribution in [1.82, 2.24) is 4.98 Å². The highest BCUT2D eigenvalue weighted by Crippen LogP contribution is 2.05. The lowest BCUT2D eigenvalue weighted by atomic mass is 10.1. The van der Waals surface area contributed by atoms with Gasteiger partial charge in [0.2, 0.25) is 0 Å². The Balaban J connectivity index is 2.63. The summed E-state index contributed by atoms with van der Waals surface area (Å²) in [5.74, 6) is 0.347. The molecule has 1 atom stereocenters. The average Bonchev–Trinajstić information content (AvgIpc) is 2.20. The maximum Gasteiger partial charge on any atom is 0.0807 e. The predicted molar refractivity (Wildman–Crippen MR) is 57.5 cm³/mol. The van der Waals surface area contributed by atoms with E-state index in [-0.39, 0.29) is 12.6 Å². The van der Waals surface area contributed by atoms with Gasteiger partial charge in [-0.05, 0) is 18.1 Å². The number of aromatic nitrogens is 1. The van der Waals surface area contributed by atoms with Crippen LogP contribution in [0.5, 0.6) is 0 Å². The number of nitrogens with zero attached hydrogens (tertiary/aromatic N) is 2. The second-order valence-corrected chi connectivity index (χ2v) is 3.53. The average molecular weight is 192 g/mol. The van der Waals surface area contributed by atoms with Gasteiger partial charge in [-0.15, -0.1) is 0 Å². The minimum Gasteiger partial charge on any atom is -0.394 e. The highest BCUT2D eigenvalue weighted by Gasteiger charge is 2.08. The van der Waals surface area contributed by atoms with Crippen LogP contribution >= 0.6 is 0 Å². The van der Waals surface area contributed by atoms with Crippen LogP contribution in [-0.4, -0.2) is 29.0 Å². The van der Waals surface area contributed by atoms with Crippen molar-refractivity contribution in [3.05, 3.63) is 30.1 Å². The highest BCUT2D eigenvalue weighted by molar-refractivity contribution is 5.76. The Kier molecular flexibility index (Phi) is 4.26. The van der Waals surface area contributed by atoms with Gasteiger partial charge in [0.1, 0.15) is 0 Å². The van der Waals surface area contributed by atoms with E-state index in [4.69, 9.17) is 5.11 Å². The zero-order valence-corrected chi connectivity index (χ0v) is 8.59. The largest absolute Gasteiger partial charge is 0.394 e. The third-order valence-corrected chi connectivity index (χ3v) is 2.04. The molecule has 0 aliphatic heterocycles. The number of aliphatic hydroxyl groups excluding tert-OH is 1. The van der Waals surface area contributed by atoms with Crippen molar-refractivity contribution in [3.8, 4) is 0 Å². The van der Waals surface area contributed by atoms with Crippen LogP contribution in [0.3, 0.4) is 0 Å². The number of hydrogen-bond acceptors (Lipinski definition) is 3. The van der Waals surface area contributed by atoms with E-state index in [2.05, 4.69) is 9.98 Å². The third-order valence-electron chi connectivity index (χ3n) is 2.04. The van der Waals surface area contributed by atoms with Crippen molar-refractivity contribution in [2.75, 3.05) is 6.61 Å². The maximum atomic E-state index is 9.04. The van der Waals surface area contributed by atoms with Gasteiger partial charge in [0.15, 0.2) is 0 Å². The number of aliphatic hydroxyl groups is 1. The first-order chi connectivity index (χ1) is 6.74. The van der Waals surface area contributed by atoms with Crippen molar-refractivity contribution >= 4 is 6.21 Å². The molecule has 76 valence electrons. The molecular weight excluding hydrogens is 176 g/mol. The lowest BCUT2D eigenvalue weighted by Gasteiger charge is -2.12. The molecule has 3 nitrogen and oxygen atoms in total. The molecule has 0 unspecified atom stereocenters. The van der Waals surface area contributed by atoms with Crippen LogP contribution in [0.25, 0.3) is 0 Å². The molecule has 0 aromatic carbocycles. The fraction of sp³-hybridized carbons (Fsp3) is 0.455. The van der Waals surface area contributed by atoms with E-state index in [1.165, 1.54) is 0 Å². The van der Waals surface area contributed by atoms with Gasteiger partial charge in [0.05, 0.1) is 18.3 Å². The van der Waals surface area contributed by atoms with Gasteiger partial charge in [-0.25, -0.2) is 0 Å². The molecule has 0 spiro atoms. The first-order valence-corrected chi connectivity index (χ1v) is 4.79. The van der Waals surface area contributed by atoms with E-state index in [0.717, 1.165) is 5.69 Å². The molecular formula is C11H16N2O. The molecule has 0 aliphatic rings. The van der Waals surface area contributed by atoms with Gasteiger partial charge in [-0.1, -0.05) is 19.9 Å². The van der Waals surface area contributed by atoms with Crippen LogP contribution in [-0.2, 0) is 0 Å². The first-order valence-electron chi connectivity index (χ1n) is 4.79. The Labute approximate surface area is 84.5 Å². The number of pyridine rings is 1. The molecule has 1 N–H and O–H groups in total. The topological polar surface area (TPSA) is 45.5 Å². The summed E-state index contributed by atoms with van der Waals surface area (Å²) in [7, 11) is 0. The summed E-state index contributed by atoms with van der Waals surface area (Å²) in [5.41, 5.74) is 0.826. The predicted octanol–water partition coefficient (Wildman–Crippen LogP) is 1.52. The Morgan fingerprint density at radius 3 is 2.79 bits per heavy atom. The third kappa shape index (κ3) is 3.26. The van der Waals surface area contributed by atoms with Crippen LogP contribution < -0.4 is 0 Å². The monoisotopic (exact) mass is 192 g/mol. The van der Waals surface area contributed by atoms with E-state index in [9.17, 15) is 0 Å². The van der Waals surface area contributed by atoms with Crippen molar-refractivity contribution in [2.45, 2.75) is 19.9 Å². The van der Waals surface area contributed by atoms with Crippen molar-refractivity contribution < 1.29 is 5.11 Å². The lowest BCUT2D eigenvalue weighted by molar-refractivity contribution is 0.240. The molecule has 0 fully saturated rings. The summed E-state index contributed by atoms with van der Waals surface area (Å²) < 4.78 is 0. The van der Waals surface area contributed by atoms with Gasteiger partial charge >= 0.3 is 0 Å². The quantitative estimate of drug-likeness (QED) is 0.735. The minimum atomic E-state index is -0.0305. The lowest BCUT2D eigenvalue weighted by Crippen LogP contribution is -2.17. The molecule has 3 heteroatoms. The van der Waals surface area contributed by atoms with E-state index < -0.39 is 0 Å². The fourth-order valence-electron chi connectivity index (χ4n) is 1.05. The molecule has 0 saturated heterocycles. The van der Waals surface area contributed by atoms with Crippen molar-refractivity contribution in [3.63, 3.8) is 0 Å². The van der Waals surface area contributed by atoms with Crippen LogP contribution in [0, 0.1) is 5.92 Å². The number of rotatable bonds is 4. The molecule has 0 radical (unpaired) electrons. The molecule has 1 aromatic rings. The summed E-state index contributed by atoms with van der Waals surface area (Å²) in [6.45, 7) is 4.16. The SMILES string of the molecule is CC(C)[C@@H](CO)N=Cc1ccccn1. The maximum absolute atomic E-state index is 9.04. The summed E-state index contributed by atoms with van der Waals surface area (Å²) in [6, 6.07) is 5.64. The summed E-state index contributed by atoms with van der Waals surface area (Å²) in [6.07, 6.45) is 3.44. The highest BCUT2D eigenvalue weighted by atomic mass is 16.3. The van der Waals surface area contributed by atoms with E-state index in [1.54, 1.807) is 12.4 Å². The van der Waals surface area contributed by atoms with Gasteiger partial charge in [-0.2, -0.15) is 0 Å². The van der Waals surface area contributed by atoms with Crippen molar-refractivity contribution in [2.24, 2.45) is 10.9 Å². The van der Waals surface area contributed by atoms with Crippen LogP contribution in [0.1, 0.15) is 19.5 Å². The van der Waals surface area contributed by atoms with Gasteiger partial charge in [0, 0.05) is 12.4 Å². The Morgan fingerprint density at radius 2 is 2.29 bits per heavy atom. The number of aliphatic imine (C=N–C) groups is 1. The molecule has 14 heavy (non-hydrogen) atoms. The van der Waals surface area contributed by atoms with Crippen LogP contribution in [0.2, 0.25) is 0 Å². The molecule has 0 aliphatic carbocycles. The molecule has 0 saturated carbocycles. The molecule has 1 aromatic heterocycles. The van der Waals surface area contributed by atoms with E-state index >= 15 is 0 Å². The fourth-order valence-corrected chi connectivity index (χ4v) is 1.05. The van der Waals surface area contributed by atoms with E-state index in [0.29, 0.717) is 5.92 Å². The van der Waals surface area contributed by atoms with Gasteiger partial charge < -0.3 is 5.11 Å². The summed E-state index contributed by atoms with van der Waals surface area (Å²) >= 11 is 0. The van der Waals surface area contributed by atoms with E-state index in [1.807, 2.05) is 32.0 Å². The molecule has 1 rings (SSSR count). The second-order valence-electron chi connectivity index (χ2n) is 3.53. The van der Waals surface area contributed by atoms with Crippen LogP contribution in [0.4, 0.5) is 0 Å². The normalized spacial score (nSPS) is 13.7. The molecule has 1 heterocycles.